The number of likely N-dealkylation sites (tertiary alicyclic amines) is 1. The number of nitrogens with zero attached hydrogens (tertiary/aromatic N) is 1. The second-order valence-electron chi connectivity index (χ2n) is 6.93. The molecule has 6 heteroatoms. The molecule has 1 saturated heterocycles. The summed E-state index contributed by atoms with van der Waals surface area (Å²) in [6.07, 6.45) is 1.10. The Morgan fingerprint density at radius 3 is 2.74 bits per heavy atom. The first-order valence-corrected chi connectivity index (χ1v) is 8.59. The van der Waals surface area contributed by atoms with E-state index in [2.05, 4.69) is 10.2 Å². The van der Waals surface area contributed by atoms with E-state index in [0.717, 1.165) is 19.5 Å². The quantitative estimate of drug-likeness (QED) is 0.876. The number of ether oxygens (including phenoxy) is 1. The molecular formula is C17H24Cl2N2O2. The maximum Gasteiger partial charge on any atom is 0.241 e. The number of carbonyl (C=O) groups excluding carboxylic acids is 1. The third-order valence-electron chi connectivity index (χ3n) is 3.81. The van der Waals surface area contributed by atoms with Crippen LogP contribution in [0.3, 0.4) is 0 Å². The predicted molar refractivity (Wildman–Crippen MR) is 95.4 cm³/mol. The molecule has 0 aromatic heterocycles. The van der Waals surface area contributed by atoms with Crippen LogP contribution in [0, 0.1) is 0 Å². The number of rotatable bonds is 4. The molecule has 0 unspecified atom stereocenters. The summed E-state index contributed by atoms with van der Waals surface area (Å²) in [5.41, 5.74) is 0.373. The molecule has 4 nitrogen and oxygen atoms in total. The van der Waals surface area contributed by atoms with Crippen molar-refractivity contribution < 1.29 is 9.53 Å². The van der Waals surface area contributed by atoms with Gasteiger partial charge in [0.15, 0.2) is 0 Å². The lowest BCUT2D eigenvalue weighted by molar-refractivity contribution is -0.120. The maximum absolute atomic E-state index is 12.5. The van der Waals surface area contributed by atoms with Gasteiger partial charge in [0.25, 0.3) is 0 Å². The maximum atomic E-state index is 12.5. The van der Waals surface area contributed by atoms with E-state index in [1.807, 2.05) is 27.7 Å². The van der Waals surface area contributed by atoms with Crippen LogP contribution < -0.4 is 5.32 Å². The largest absolute Gasteiger partial charge is 0.371 e. The van der Waals surface area contributed by atoms with Crippen LogP contribution in [0.4, 0.5) is 5.69 Å². The zero-order valence-corrected chi connectivity index (χ0v) is 15.5. The number of benzene rings is 1. The Labute approximate surface area is 148 Å². The fourth-order valence-corrected chi connectivity index (χ4v) is 3.04. The standard InChI is InChI=1S/C17H24Cl2N2O2/c1-11(21-8-7-13(10-21)23-17(2,3)4)16(22)20-15-9-12(18)5-6-14(15)19/h5-6,9,11,13H,7-8,10H2,1-4H3,(H,20,22)/t11-,13-/m0/s1. The summed E-state index contributed by atoms with van der Waals surface area (Å²) in [5, 5.41) is 3.87. The van der Waals surface area contributed by atoms with Crippen molar-refractivity contribution in [3.63, 3.8) is 0 Å². The van der Waals surface area contributed by atoms with Crippen LogP contribution in [0.2, 0.25) is 10.0 Å². The minimum Gasteiger partial charge on any atom is -0.371 e. The molecule has 1 aliphatic heterocycles. The first kappa shape index (κ1) is 18.5. The van der Waals surface area contributed by atoms with Crippen molar-refractivity contribution in [3.05, 3.63) is 28.2 Å². The summed E-state index contributed by atoms with van der Waals surface area (Å²) in [5.74, 6) is -0.0921. The van der Waals surface area contributed by atoms with E-state index >= 15 is 0 Å². The van der Waals surface area contributed by atoms with Gasteiger partial charge in [-0.1, -0.05) is 23.2 Å². The van der Waals surface area contributed by atoms with Gasteiger partial charge in [0.1, 0.15) is 0 Å². The molecule has 128 valence electrons. The van der Waals surface area contributed by atoms with Crippen molar-refractivity contribution in [3.8, 4) is 0 Å². The first-order chi connectivity index (χ1) is 10.7. The predicted octanol–water partition coefficient (Wildman–Crippen LogP) is 4.21. The molecule has 2 rings (SSSR count). The number of hydrogen-bond acceptors (Lipinski definition) is 3. The molecule has 2 atom stereocenters. The van der Waals surface area contributed by atoms with Gasteiger partial charge >= 0.3 is 0 Å². The lowest BCUT2D eigenvalue weighted by Crippen LogP contribution is -2.41. The van der Waals surface area contributed by atoms with Crippen LogP contribution in [0.1, 0.15) is 34.1 Å². The highest BCUT2D eigenvalue weighted by molar-refractivity contribution is 6.35. The molecule has 0 radical (unpaired) electrons. The Balaban J connectivity index is 1.94. The molecule has 23 heavy (non-hydrogen) atoms. The van der Waals surface area contributed by atoms with Crippen LogP contribution in [0.15, 0.2) is 18.2 Å². The number of nitrogens with one attached hydrogen (secondary N) is 1. The topological polar surface area (TPSA) is 41.6 Å². The van der Waals surface area contributed by atoms with Crippen molar-refractivity contribution in [2.45, 2.75) is 51.9 Å². The minimum atomic E-state index is -0.251. The smallest absolute Gasteiger partial charge is 0.241 e. The van der Waals surface area contributed by atoms with Gasteiger partial charge in [0, 0.05) is 18.1 Å². The fraction of sp³-hybridized carbons (Fsp3) is 0.588. The highest BCUT2D eigenvalue weighted by Crippen LogP contribution is 2.26. The van der Waals surface area contributed by atoms with Crippen LogP contribution in [0.25, 0.3) is 0 Å². The summed E-state index contributed by atoms with van der Waals surface area (Å²) in [4.78, 5) is 14.6. The van der Waals surface area contributed by atoms with Crippen molar-refractivity contribution in [2.75, 3.05) is 18.4 Å². The molecule has 0 bridgehead atoms. The molecule has 1 amide bonds. The molecule has 1 aliphatic rings. The number of anilines is 1. The first-order valence-electron chi connectivity index (χ1n) is 7.83. The highest BCUT2D eigenvalue weighted by atomic mass is 35.5. The number of hydrogen-bond donors (Lipinski definition) is 1. The highest BCUT2D eigenvalue weighted by Gasteiger charge is 2.32. The SMILES string of the molecule is C[C@@H](C(=O)Nc1cc(Cl)ccc1Cl)N1CC[C@H](OC(C)(C)C)C1. The van der Waals surface area contributed by atoms with Gasteiger partial charge < -0.3 is 10.1 Å². The Kier molecular flexibility index (Phi) is 5.95. The van der Waals surface area contributed by atoms with Gasteiger partial charge in [0.05, 0.1) is 28.5 Å². The van der Waals surface area contributed by atoms with Crippen molar-refractivity contribution in [1.82, 2.24) is 4.90 Å². The molecule has 0 saturated carbocycles. The van der Waals surface area contributed by atoms with Gasteiger partial charge in [-0.15, -0.1) is 0 Å². The van der Waals surface area contributed by atoms with E-state index in [4.69, 9.17) is 27.9 Å². The van der Waals surface area contributed by atoms with E-state index in [1.54, 1.807) is 18.2 Å². The van der Waals surface area contributed by atoms with Crippen LogP contribution in [0.5, 0.6) is 0 Å². The Bertz CT molecular complexity index is 572. The van der Waals surface area contributed by atoms with Crippen molar-refractivity contribution >= 4 is 34.8 Å². The van der Waals surface area contributed by atoms with Gasteiger partial charge in [0.2, 0.25) is 5.91 Å². The third kappa shape index (κ3) is 5.35. The van der Waals surface area contributed by atoms with Gasteiger partial charge in [-0.25, -0.2) is 0 Å². The summed E-state index contributed by atoms with van der Waals surface area (Å²) < 4.78 is 6.00. The molecule has 0 spiro atoms. The molecule has 1 heterocycles. The zero-order valence-electron chi connectivity index (χ0n) is 14.0. The number of amides is 1. The molecule has 1 aromatic carbocycles. The molecule has 1 aromatic rings. The number of halogens is 2. The van der Waals surface area contributed by atoms with E-state index < -0.39 is 0 Å². The average molecular weight is 359 g/mol. The lowest BCUT2D eigenvalue weighted by Gasteiger charge is -2.27. The monoisotopic (exact) mass is 358 g/mol. The van der Waals surface area contributed by atoms with Crippen LogP contribution >= 0.6 is 23.2 Å². The Morgan fingerprint density at radius 1 is 1.39 bits per heavy atom. The van der Waals surface area contributed by atoms with E-state index in [-0.39, 0.29) is 23.7 Å². The minimum absolute atomic E-state index is 0.0921. The summed E-state index contributed by atoms with van der Waals surface area (Å²) in [6, 6.07) is 4.77. The van der Waals surface area contributed by atoms with Crippen LogP contribution in [-0.2, 0) is 9.53 Å². The Hall–Kier alpha value is -0.810. The molecule has 1 fully saturated rings. The van der Waals surface area contributed by atoms with Gasteiger partial charge in [-0.05, 0) is 52.3 Å². The fourth-order valence-electron chi connectivity index (χ4n) is 2.70. The lowest BCUT2D eigenvalue weighted by atomic mass is 10.2. The zero-order chi connectivity index (χ0) is 17.2. The molecule has 1 N–H and O–H groups in total. The molecular weight excluding hydrogens is 335 g/mol. The summed E-state index contributed by atoms with van der Waals surface area (Å²) >= 11 is 12.0. The molecule has 0 aliphatic carbocycles. The van der Waals surface area contributed by atoms with E-state index in [1.165, 1.54) is 0 Å². The average Bonchev–Trinajstić information content (AvgIpc) is 2.88. The second kappa shape index (κ2) is 7.39. The third-order valence-corrected chi connectivity index (χ3v) is 4.37. The van der Waals surface area contributed by atoms with Gasteiger partial charge in [-0.2, -0.15) is 0 Å². The van der Waals surface area contributed by atoms with Crippen molar-refractivity contribution in [1.29, 1.82) is 0 Å². The van der Waals surface area contributed by atoms with E-state index in [0.29, 0.717) is 15.7 Å². The van der Waals surface area contributed by atoms with E-state index in [9.17, 15) is 4.79 Å². The van der Waals surface area contributed by atoms with Gasteiger partial charge in [-0.3, -0.25) is 9.69 Å². The number of carbonyl (C=O) groups is 1. The second-order valence-corrected chi connectivity index (χ2v) is 7.77. The summed E-state index contributed by atoms with van der Waals surface area (Å²) in [6.45, 7) is 9.65. The van der Waals surface area contributed by atoms with Crippen molar-refractivity contribution in [2.24, 2.45) is 0 Å². The summed E-state index contributed by atoms with van der Waals surface area (Å²) in [7, 11) is 0. The normalized spacial score (nSPS) is 20.5. The Morgan fingerprint density at radius 2 is 2.09 bits per heavy atom. The van der Waals surface area contributed by atoms with Crippen LogP contribution in [-0.4, -0.2) is 41.6 Å².